The van der Waals surface area contributed by atoms with Gasteiger partial charge in [-0.1, -0.05) is 194 Å². The molecule has 0 heterocycles. The van der Waals surface area contributed by atoms with Gasteiger partial charge in [0.25, 0.3) is 0 Å². The Kier molecular flexibility index (Phi) is 32.7. The molecule has 270 valence electrons. The Hall–Kier alpha value is -0.690. The molecule has 4 atom stereocenters. The quantitative estimate of drug-likeness (QED) is 0.0443. The second-order valence-corrected chi connectivity index (χ2v) is 14.5. The molecule has 0 aromatic carbocycles. The summed E-state index contributed by atoms with van der Waals surface area (Å²) in [7, 11) is 0. The van der Waals surface area contributed by atoms with Crippen molar-refractivity contribution >= 4 is 5.91 Å². The van der Waals surface area contributed by atoms with E-state index in [4.69, 9.17) is 0 Å². The van der Waals surface area contributed by atoms with Crippen LogP contribution in [0.2, 0.25) is 0 Å². The molecular formula is C39H79NO5. The van der Waals surface area contributed by atoms with Crippen LogP contribution in [0, 0.1) is 5.92 Å². The van der Waals surface area contributed by atoms with Crippen LogP contribution in [0.1, 0.15) is 207 Å². The highest BCUT2D eigenvalue weighted by Gasteiger charge is 2.28. The molecule has 0 rings (SSSR count). The fourth-order valence-corrected chi connectivity index (χ4v) is 6.29. The molecule has 0 saturated carbocycles. The zero-order valence-electron chi connectivity index (χ0n) is 30.3. The number of nitrogens with one attached hydrogen (secondary N) is 1. The molecule has 0 fully saturated rings. The molecule has 0 radical (unpaired) electrons. The van der Waals surface area contributed by atoms with E-state index >= 15 is 0 Å². The molecule has 45 heavy (non-hydrogen) atoms. The maximum absolute atomic E-state index is 12.4. The summed E-state index contributed by atoms with van der Waals surface area (Å²) in [4.78, 5) is 12.4. The maximum atomic E-state index is 12.4. The monoisotopic (exact) mass is 642 g/mol. The lowest BCUT2D eigenvalue weighted by atomic mass is 9.99. The van der Waals surface area contributed by atoms with Gasteiger partial charge < -0.3 is 25.7 Å². The first-order valence-electron chi connectivity index (χ1n) is 19.8. The standard InChI is InChI=1S/C39H79NO5/c1-4-5-6-7-8-9-19-22-25-28-31-36(42)38(44)35(33-41)40-39(45)37(43)32-29-26-23-20-17-15-13-11-10-12-14-16-18-21-24-27-30-34(2)3/h34-38,41-44H,4-33H2,1-3H3,(H,40,45). The van der Waals surface area contributed by atoms with Crippen LogP contribution in [0.25, 0.3) is 0 Å². The highest BCUT2D eigenvalue weighted by Crippen LogP contribution is 2.17. The van der Waals surface area contributed by atoms with Crippen molar-refractivity contribution < 1.29 is 25.2 Å². The number of carbonyl (C=O) groups is 1. The summed E-state index contributed by atoms with van der Waals surface area (Å²) in [5.74, 6) is 0.268. The lowest BCUT2D eigenvalue weighted by Crippen LogP contribution is -2.53. The Morgan fingerprint density at radius 2 is 0.844 bits per heavy atom. The van der Waals surface area contributed by atoms with Gasteiger partial charge in [0, 0.05) is 0 Å². The van der Waals surface area contributed by atoms with Crippen molar-refractivity contribution in [3.05, 3.63) is 0 Å². The van der Waals surface area contributed by atoms with Crippen molar-refractivity contribution in [1.29, 1.82) is 0 Å². The number of hydrogen-bond donors (Lipinski definition) is 5. The zero-order valence-corrected chi connectivity index (χ0v) is 30.3. The highest BCUT2D eigenvalue weighted by atomic mass is 16.3. The first-order valence-corrected chi connectivity index (χ1v) is 19.8. The largest absolute Gasteiger partial charge is 0.394 e. The Morgan fingerprint density at radius 1 is 0.511 bits per heavy atom. The van der Waals surface area contributed by atoms with Gasteiger partial charge in [0.1, 0.15) is 12.2 Å². The van der Waals surface area contributed by atoms with Crippen LogP contribution in [-0.4, -0.2) is 57.3 Å². The lowest BCUT2D eigenvalue weighted by molar-refractivity contribution is -0.132. The molecule has 0 spiro atoms. The second kappa shape index (κ2) is 33.2. The summed E-state index contributed by atoms with van der Waals surface area (Å²) in [6, 6.07) is -0.977. The van der Waals surface area contributed by atoms with Gasteiger partial charge in [0.05, 0.1) is 18.8 Å². The van der Waals surface area contributed by atoms with Gasteiger partial charge in [-0.25, -0.2) is 0 Å². The highest BCUT2D eigenvalue weighted by molar-refractivity contribution is 5.80. The molecule has 0 aliphatic carbocycles. The van der Waals surface area contributed by atoms with E-state index in [2.05, 4.69) is 26.1 Å². The van der Waals surface area contributed by atoms with E-state index in [1.54, 1.807) is 0 Å². The minimum Gasteiger partial charge on any atom is -0.394 e. The lowest BCUT2D eigenvalue weighted by Gasteiger charge is -2.27. The van der Waals surface area contributed by atoms with Crippen molar-refractivity contribution in [3.63, 3.8) is 0 Å². The number of unbranched alkanes of at least 4 members (excludes halogenated alkanes) is 24. The number of rotatable bonds is 35. The van der Waals surface area contributed by atoms with Crippen LogP contribution in [-0.2, 0) is 4.79 Å². The molecule has 5 N–H and O–H groups in total. The van der Waals surface area contributed by atoms with E-state index in [0.29, 0.717) is 12.8 Å². The van der Waals surface area contributed by atoms with Gasteiger partial charge in [-0.2, -0.15) is 0 Å². The first kappa shape index (κ1) is 44.3. The fourth-order valence-electron chi connectivity index (χ4n) is 6.29. The summed E-state index contributed by atoms with van der Waals surface area (Å²) in [6.45, 7) is 6.38. The minimum atomic E-state index is -1.25. The average molecular weight is 642 g/mol. The molecule has 0 bridgehead atoms. The van der Waals surface area contributed by atoms with Crippen LogP contribution < -0.4 is 5.32 Å². The summed E-state index contributed by atoms with van der Waals surface area (Å²) in [6.07, 6.45) is 31.3. The molecule has 0 aliphatic heterocycles. The third-order valence-corrected chi connectivity index (χ3v) is 9.50. The van der Waals surface area contributed by atoms with Gasteiger partial charge in [0.2, 0.25) is 5.91 Å². The zero-order chi connectivity index (χ0) is 33.4. The van der Waals surface area contributed by atoms with E-state index in [1.807, 2.05) is 0 Å². The summed E-state index contributed by atoms with van der Waals surface area (Å²) in [5.41, 5.74) is 0. The smallest absolute Gasteiger partial charge is 0.249 e. The molecule has 6 heteroatoms. The third-order valence-electron chi connectivity index (χ3n) is 9.50. The fraction of sp³-hybridized carbons (Fsp3) is 0.974. The molecule has 1 amide bonds. The van der Waals surface area contributed by atoms with E-state index in [0.717, 1.165) is 44.4 Å². The Morgan fingerprint density at radius 3 is 1.20 bits per heavy atom. The molecule has 6 nitrogen and oxygen atoms in total. The summed E-state index contributed by atoms with van der Waals surface area (Å²) in [5, 5.41) is 43.4. The molecule has 0 aromatic rings. The molecule has 0 saturated heterocycles. The van der Waals surface area contributed by atoms with Crippen LogP contribution in [0.15, 0.2) is 0 Å². The minimum absolute atomic E-state index is 0.374. The van der Waals surface area contributed by atoms with Gasteiger partial charge in [-0.05, 0) is 18.8 Å². The van der Waals surface area contributed by atoms with E-state index in [1.165, 1.54) is 135 Å². The van der Waals surface area contributed by atoms with Crippen molar-refractivity contribution in [1.82, 2.24) is 5.32 Å². The summed E-state index contributed by atoms with van der Waals surface area (Å²) < 4.78 is 0. The maximum Gasteiger partial charge on any atom is 0.249 e. The predicted molar refractivity (Wildman–Crippen MR) is 191 cm³/mol. The van der Waals surface area contributed by atoms with E-state index in [9.17, 15) is 25.2 Å². The SMILES string of the molecule is CCCCCCCCCCCCC(O)C(O)C(CO)NC(=O)C(O)CCCCCCCCCCCCCCCCCCC(C)C. The summed E-state index contributed by atoms with van der Waals surface area (Å²) >= 11 is 0. The number of aliphatic hydroxyl groups is 4. The van der Waals surface area contributed by atoms with Crippen LogP contribution in [0.4, 0.5) is 0 Å². The Bertz CT molecular complexity index is 616. The van der Waals surface area contributed by atoms with E-state index < -0.39 is 36.9 Å². The van der Waals surface area contributed by atoms with Crippen LogP contribution >= 0.6 is 0 Å². The van der Waals surface area contributed by atoms with Crippen LogP contribution in [0.5, 0.6) is 0 Å². The predicted octanol–water partition coefficient (Wildman–Crippen LogP) is 9.54. The third kappa shape index (κ3) is 29.2. The molecule has 0 aromatic heterocycles. The molecule has 4 unspecified atom stereocenters. The molecule has 0 aliphatic rings. The first-order chi connectivity index (χ1) is 21.8. The van der Waals surface area contributed by atoms with Gasteiger partial charge in [0.15, 0.2) is 0 Å². The number of aliphatic hydroxyl groups excluding tert-OH is 4. The van der Waals surface area contributed by atoms with Crippen molar-refractivity contribution in [2.75, 3.05) is 6.61 Å². The van der Waals surface area contributed by atoms with Crippen molar-refractivity contribution in [2.24, 2.45) is 5.92 Å². The number of carbonyl (C=O) groups excluding carboxylic acids is 1. The number of amides is 1. The van der Waals surface area contributed by atoms with Crippen molar-refractivity contribution in [2.45, 2.75) is 231 Å². The normalized spacial score (nSPS) is 14.5. The Balaban J connectivity index is 3.71. The Labute approximate surface area is 279 Å². The molecular weight excluding hydrogens is 562 g/mol. The van der Waals surface area contributed by atoms with Gasteiger partial charge in [-0.3, -0.25) is 4.79 Å². The van der Waals surface area contributed by atoms with Gasteiger partial charge in [-0.15, -0.1) is 0 Å². The van der Waals surface area contributed by atoms with Gasteiger partial charge >= 0.3 is 0 Å². The average Bonchev–Trinajstić information content (AvgIpc) is 3.03. The number of hydrogen-bond acceptors (Lipinski definition) is 5. The van der Waals surface area contributed by atoms with Crippen molar-refractivity contribution in [3.8, 4) is 0 Å². The topological polar surface area (TPSA) is 110 Å². The van der Waals surface area contributed by atoms with Crippen LogP contribution in [0.3, 0.4) is 0 Å². The van der Waals surface area contributed by atoms with E-state index in [-0.39, 0.29) is 0 Å². The second-order valence-electron chi connectivity index (χ2n) is 14.5.